The molecule has 48 heavy (non-hydrogen) atoms. The molecule has 0 aliphatic carbocycles. The van der Waals surface area contributed by atoms with Crippen molar-refractivity contribution in [1.82, 2.24) is 0 Å². The molecular weight excluding hydrogens is 600 g/mol. The van der Waals surface area contributed by atoms with Gasteiger partial charge in [-0.2, -0.15) is 0 Å². The van der Waals surface area contributed by atoms with Crippen LogP contribution in [0.25, 0.3) is 77.7 Å². The molecule has 0 amide bonds. The molecule has 0 aliphatic rings. The van der Waals surface area contributed by atoms with Gasteiger partial charge in [-0.05, 0) is 92.0 Å². The van der Waals surface area contributed by atoms with Gasteiger partial charge < -0.3 is 17.7 Å². The standard InChI is InChI=1S/C42H34O6/c1-41(2,3)25-9-11-27-23(19-25)7-13-33-29(27)21-31(39(43)47-33)35-15-17-37(45-35)38-18-16-36(46-38)32-22-30-28-12-10-26(42(4,5)6)20-24(28)8-14-34(30)48-40(32)44/h7-22H,1-6H3. The second-order valence-corrected chi connectivity index (χ2v) is 14.5. The average Bonchev–Trinajstić information content (AvgIpc) is 3.73. The molecule has 4 aromatic heterocycles. The van der Waals surface area contributed by atoms with Gasteiger partial charge in [-0.15, -0.1) is 0 Å². The zero-order chi connectivity index (χ0) is 33.5. The third-order valence-corrected chi connectivity index (χ3v) is 9.18. The molecule has 0 saturated carbocycles. The number of fused-ring (bicyclic) bond motifs is 6. The minimum absolute atomic E-state index is 0.0109. The van der Waals surface area contributed by atoms with Crippen LogP contribution < -0.4 is 11.3 Å². The highest BCUT2D eigenvalue weighted by Gasteiger charge is 2.20. The van der Waals surface area contributed by atoms with E-state index in [1.54, 1.807) is 24.3 Å². The summed E-state index contributed by atoms with van der Waals surface area (Å²) >= 11 is 0. The van der Waals surface area contributed by atoms with Gasteiger partial charge >= 0.3 is 11.3 Å². The number of hydrogen-bond acceptors (Lipinski definition) is 6. The number of benzene rings is 4. The molecule has 8 rings (SSSR count). The van der Waals surface area contributed by atoms with E-state index in [1.807, 2.05) is 36.4 Å². The first-order valence-electron chi connectivity index (χ1n) is 16.1. The van der Waals surface area contributed by atoms with Crippen molar-refractivity contribution in [3.63, 3.8) is 0 Å². The molecule has 0 aliphatic heterocycles. The normalized spacial score (nSPS) is 12.5. The number of furan rings is 2. The third kappa shape index (κ3) is 4.96. The molecule has 6 nitrogen and oxygen atoms in total. The van der Waals surface area contributed by atoms with Crippen LogP contribution in [0.4, 0.5) is 0 Å². The molecular formula is C42H34O6. The van der Waals surface area contributed by atoms with E-state index < -0.39 is 11.3 Å². The summed E-state index contributed by atoms with van der Waals surface area (Å²) in [7, 11) is 0. The Kier molecular flexibility index (Phi) is 6.47. The molecule has 6 heteroatoms. The van der Waals surface area contributed by atoms with Crippen LogP contribution in [0.15, 0.2) is 124 Å². The van der Waals surface area contributed by atoms with Gasteiger partial charge in [-0.3, -0.25) is 0 Å². The van der Waals surface area contributed by atoms with Crippen molar-refractivity contribution in [3.05, 3.63) is 129 Å². The summed E-state index contributed by atoms with van der Waals surface area (Å²) in [5.41, 5.74) is 3.13. The molecule has 0 radical (unpaired) electrons. The summed E-state index contributed by atoms with van der Waals surface area (Å²) in [6, 6.07) is 31.0. The van der Waals surface area contributed by atoms with Crippen molar-refractivity contribution >= 4 is 43.5 Å². The Bertz CT molecular complexity index is 2490. The van der Waals surface area contributed by atoms with Gasteiger partial charge in [0, 0.05) is 10.8 Å². The summed E-state index contributed by atoms with van der Waals surface area (Å²) < 4.78 is 23.8. The Labute approximate surface area is 276 Å². The molecule has 0 spiro atoms. The first kappa shape index (κ1) is 29.8. The van der Waals surface area contributed by atoms with Crippen LogP contribution in [0, 0.1) is 0 Å². The van der Waals surface area contributed by atoms with Crippen molar-refractivity contribution in [2.45, 2.75) is 52.4 Å². The van der Waals surface area contributed by atoms with Gasteiger partial charge in [0.25, 0.3) is 0 Å². The van der Waals surface area contributed by atoms with Crippen molar-refractivity contribution in [3.8, 4) is 34.2 Å². The van der Waals surface area contributed by atoms with Crippen molar-refractivity contribution in [1.29, 1.82) is 0 Å². The zero-order valence-electron chi connectivity index (χ0n) is 27.7. The first-order chi connectivity index (χ1) is 22.8. The van der Waals surface area contributed by atoms with Gasteiger partial charge in [0.2, 0.25) is 0 Å². The maximum Gasteiger partial charge on any atom is 0.347 e. The third-order valence-electron chi connectivity index (χ3n) is 9.18. The Morgan fingerprint density at radius 3 is 1.19 bits per heavy atom. The molecule has 4 heterocycles. The molecule has 0 bridgehead atoms. The fraction of sp³-hybridized carbons (Fsp3) is 0.190. The van der Waals surface area contributed by atoms with E-state index in [4.69, 9.17) is 17.7 Å². The smallest absolute Gasteiger partial charge is 0.347 e. The SMILES string of the molecule is CC(C)(C)c1ccc2c(ccc3oc(=O)c(-c4ccc(-c5ccc(-c6cc7c(ccc8cc(C(C)(C)C)ccc87)oc6=O)o5)o4)cc32)c1. The molecule has 0 N–H and O–H groups in total. The summed E-state index contributed by atoms with van der Waals surface area (Å²) in [5, 5.41) is 5.77. The van der Waals surface area contributed by atoms with Crippen molar-refractivity contribution in [2.24, 2.45) is 0 Å². The van der Waals surface area contributed by atoms with E-state index in [0.29, 0.717) is 45.3 Å². The van der Waals surface area contributed by atoms with Gasteiger partial charge in [-0.25, -0.2) is 9.59 Å². The Morgan fingerprint density at radius 2 is 0.792 bits per heavy atom. The van der Waals surface area contributed by atoms with Crippen LogP contribution >= 0.6 is 0 Å². The molecule has 0 atom stereocenters. The van der Waals surface area contributed by atoms with Gasteiger partial charge in [0.15, 0.2) is 11.5 Å². The summed E-state index contributed by atoms with van der Waals surface area (Å²) in [4.78, 5) is 26.2. The van der Waals surface area contributed by atoms with Crippen LogP contribution in [0.5, 0.6) is 0 Å². The van der Waals surface area contributed by atoms with Crippen molar-refractivity contribution < 1.29 is 17.7 Å². The van der Waals surface area contributed by atoms with Crippen LogP contribution in [0.3, 0.4) is 0 Å². The number of hydrogen-bond donors (Lipinski definition) is 0. The molecule has 238 valence electrons. The monoisotopic (exact) mass is 634 g/mol. The second-order valence-electron chi connectivity index (χ2n) is 14.5. The predicted molar refractivity (Wildman–Crippen MR) is 192 cm³/mol. The fourth-order valence-electron chi connectivity index (χ4n) is 6.37. The zero-order valence-corrected chi connectivity index (χ0v) is 27.7. The Morgan fingerprint density at radius 1 is 0.396 bits per heavy atom. The van der Waals surface area contributed by atoms with E-state index in [9.17, 15) is 9.59 Å². The summed E-state index contributed by atoms with van der Waals surface area (Å²) in [5.74, 6) is 1.53. The quantitative estimate of drug-likeness (QED) is 0.142. The predicted octanol–water partition coefficient (Wildman–Crippen LogP) is 11.0. The minimum Gasteiger partial charge on any atom is -0.453 e. The molecule has 4 aromatic carbocycles. The van der Waals surface area contributed by atoms with E-state index >= 15 is 0 Å². The topological polar surface area (TPSA) is 86.7 Å². The van der Waals surface area contributed by atoms with E-state index in [1.165, 1.54) is 11.1 Å². The van der Waals surface area contributed by atoms with Crippen LogP contribution in [-0.4, -0.2) is 0 Å². The average molecular weight is 635 g/mol. The highest BCUT2D eigenvalue weighted by atomic mass is 16.4. The lowest BCUT2D eigenvalue weighted by Crippen LogP contribution is -2.10. The maximum absolute atomic E-state index is 13.1. The largest absolute Gasteiger partial charge is 0.453 e. The number of rotatable bonds is 3. The van der Waals surface area contributed by atoms with Gasteiger partial charge in [0.1, 0.15) is 33.8 Å². The maximum atomic E-state index is 13.1. The summed E-state index contributed by atoms with van der Waals surface area (Å²) in [6.45, 7) is 13.1. The Balaban J connectivity index is 1.16. The molecule has 0 fully saturated rings. The van der Waals surface area contributed by atoms with Gasteiger partial charge in [0.05, 0.1) is 0 Å². The highest BCUT2D eigenvalue weighted by Crippen LogP contribution is 2.36. The van der Waals surface area contributed by atoms with Crippen LogP contribution in [0.1, 0.15) is 52.7 Å². The molecule has 0 saturated heterocycles. The fourth-order valence-corrected chi connectivity index (χ4v) is 6.37. The second kappa shape index (κ2) is 10.4. The minimum atomic E-state index is -0.496. The molecule has 0 unspecified atom stereocenters. The van der Waals surface area contributed by atoms with Crippen molar-refractivity contribution in [2.75, 3.05) is 0 Å². The van der Waals surface area contributed by atoms with E-state index in [2.05, 4.69) is 77.9 Å². The first-order valence-corrected chi connectivity index (χ1v) is 16.1. The van der Waals surface area contributed by atoms with E-state index in [0.717, 1.165) is 32.3 Å². The Hall–Kier alpha value is -5.62. The van der Waals surface area contributed by atoms with Gasteiger partial charge in [-0.1, -0.05) is 90.1 Å². The van der Waals surface area contributed by atoms with E-state index in [-0.39, 0.29) is 10.8 Å². The van der Waals surface area contributed by atoms with Crippen LogP contribution in [-0.2, 0) is 10.8 Å². The summed E-state index contributed by atoms with van der Waals surface area (Å²) in [6.07, 6.45) is 0. The lowest BCUT2D eigenvalue weighted by Gasteiger charge is -2.19. The highest BCUT2D eigenvalue weighted by molar-refractivity contribution is 6.07. The lowest BCUT2D eigenvalue weighted by molar-refractivity contribution is 0.525. The molecule has 8 aromatic rings. The lowest BCUT2D eigenvalue weighted by atomic mass is 9.85. The van der Waals surface area contributed by atoms with Crippen LogP contribution in [0.2, 0.25) is 0 Å².